The molecule has 4 heteroatoms. The Labute approximate surface area is 86.7 Å². The number of ketones is 1. The van der Waals surface area contributed by atoms with Crippen LogP contribution in [0.15, 0.2) is 24.3 Å². The number of benzene rings is 1. The molecule has 1 aromatic rings. The zero-order chi connectivity index (χ0) is 10.6. The van der Waals surface area contributed by atoms with Gasteiger partial charge in [0.05, 0.1) is 0 Å². The highest BCUT2D eigenvalue weighted by Crippen LogP contribution is 2.03. The van der Waals surface area contributed by atoms with E-state index in [1.54, 1.807) is 6.92 Å². The van der Waals surface area contributed by atoms with Crippen LogP contribution in [0, 0.1) is 5.82 Å². The molecule has 14 heavy (non-hydrogen) atoms. The molecule has 0 bridgehead atoms. The van der Waals surface area contributed by atoms with Gasteiger partial charge in [-0.25, -0.2) is 4.39 Å². The van der Waals surface area contributed by atoms with Crippen LogP contribution in [0.25, 0.3) is 0 Å². The van der Waals surface area contributed by atoms with Crippen molar-refractivity contribution >= 4 is 23.1 Å². The SMILES string of the molecule is CC(=S)OCC(=O)c1ccc(F)cc1. The molecule has 0 aromatic heterocycles. The van der Waals surface area contributed by atoms with E-state index in [0.717, 1.165) is 0 Å². The Morgan fingerprint density at radius 2 is 2.00 bits per heavy atom. The summed E-state index contributed by atoms with van der Waals surface area (Å²) in [6.45, 7) is 1.49. The lowest BCUT2D eigenvalue weighted by molar-refractivity contribution is 0.0915. The predicted octanol–water partition coefficient (Wildman–Crippen LogP) is 2.37. The first-order chi connectivity index (χ1) is 6.59. The van der Waals surface area contributed by atoms with E-state index in [0.29, 0.717) is 10.6 Å². The quantitative estimate of drug-likeness (QED) is 0.568. The minimum Gasteiger partial charge on any atom is -0.479 e. The molecule has 0 aliphatic rings. The van der Waals surface area contributed by atoms with Gasteiger partial charge < -0.3 is 4.74 Å². The third-order valence-electron chi connectivity index (χ3n) is 1.57. The van der Waals surface area contributed by atoms with Gasteiger partial charge in [0.25, 0.3) is 0 Å². The number of carbonyl (C=O) groups excluding carboxylic acids is 1. The summed E-state index contributed by atoms with van der Waals surface area (Å²) in [5.41, 5.74) is 0.419. The summed E-state index contributed by atoms with van der Waals surface area (Å²) in [4.78, 5) is 11.4. The first kappa shape index (κ1) is 10.8. The molecule has 0 spiro atoms. The van der Waals surface area contributed by atoms with E-state index in [2.05, 4.69) is 12.2 Å². The second-order valence-corrected chi connectivity index (χ2v) is 3.29. The summed E-state index contributed by atoms with van der Waals surface area (Å²) >= 11 is 4.65. The van der Waals surface area contributed by atoms with Gasteiger partial charge in [-0.05, 0) is 36.5 Å². The van der Waals surface area contributed by atoms with Gasteiger partial charge >= 0.3 is 0 Å². The second-order valence-electron chi connectivity index (χ2n) is 2.71. The van der Waals surface area contributed by atoms with E-state index in [1.165, 1.54) is 24.3 Å². The molecular weight excluding hydrogens is 203 g/mol. The van der Waals surface area contributed by atoms with Gasteiger partial charge in [-0.1, -0.05) is 0 Å². The van der Waals surface area contributed by atoms with Crippen molar-refractivity contribution in [1.29, 1.82) is 0 Å². The Kier molecular flexibility index (Phi) is 3.71. The molecule has 74 valence electrons. The maximum absolute atomic E-state index is 12.5. The first-order valence-electron chi connectivity index (χ1n) is 4.01. The van der Waals surface area contributed by atoms with Gasteiger partial charge in [-0.15, -0.1) is 0 Å². The van der Waals surface area contributed by atoms with Crippen LogP contribution < -0.4 is 0 Å². The minimum absolute atomic E-state index is 0.0963. The number of ether oxygens (including phenoxy) is 1. The third kappa shape index (κ3) is 3.22. The fourth-order valence-corrected chi connectivity index (χ4v) is 0.945. The Morgan fingerprint density at radius 3 is 2.50 bits per heavy atom. The van der Waals surface area contributed by atoms with Gasteiger partial charge in [-0.3, -0.25) is 4.79 Å². The van der Waals surface area contributed by atoms with Crippen LogP contribution in [-0.2, 0) is 4.74 Å². The Bertz CT molecular complexity index is 346. The van der Waals surface area contributed by atoms with Gasteiger partial charge in [0.15, 0.2) is 17.4 Å². The molecule has 0 aliphatic carbocycles. The van der Waals surface area contributed by atoms with E-state index in [1.807, 2.05) is 0 Å². The normalized spacial score (nSPS) is 9.57. The minimum atomic E-state index is -0.367. The fraction of sp³-hybridized carbons (Fsp3) is 0.200. The molecule has 0 heterocycles. The van der Waals surface area contributed by atoms with E-state index >= 15 is 0 Å². The van der Waals surface area contributed by atoms with Crippen LogP contribution >= 0.6 is 12.2 Å². The average molecular weight is 212 g/mol. The van der Waals surface area contributed by atoms with Crippen LogP contribution in [0.1, 0.15) is 17.3 Å². The molecule has 0 atom stereocenters. The smallest absolute Gasteiger partial charge is 0.200 e. The number of halogens is 1. The Hall–Kier alpha value is -1.29. The average Bonchev–Trinajstić information content (AvgIpc) is 2.15. The topological polar surface area (TPSA) is 26.3 Å². The summed E-state index contributed by atoms with van der Waals surface area (Å²) < 4.78 is 17.4. The predicted molar refractivity (Wildman–Crippen MR) is 55.0 cm³/mol. The molecule has 1 rings (SSSR count). The lowest BCUT2D eigenvalue weighted by Crippen LogP contribution is -2.10. The monoisotopic (exact) mass is 212 g/mol. The van der Waals surface area contributed by atoms with Gasteiger partial charge in [0.2, 0.25) is 0 Å². The highest BCUT2D eigenvalue weighted by molar-refractivity contribution is 7.80. The van der Waals surface area contributed by atoms with Crippen molar-refractivity contribution in [3.05, 3.63) is 35.6 Å². The number of thiocarbonyl (C=S) groups is 1. The lowest BCUT2D eigenvalue weighted by Gasteiger charge is -2.02. The highest BCUT2D eigenvalue weighted by Gasteiger charge is 2.06. The van der Waals surface area contributed by atoms with Crippen molar-refractivity contribution in [3.63, 3.8) is 0 Å². The number of rotatable bonds is 3. The second kappa shape index (κ2) is 4.81. The number of Topliss-reactive ketones (excluding diaryl/α,β-unsaturated/α-hetero) is 1. The zero-order valence-electron chi connectivity index (χ0n) is 7.62. The molecule has 0 fully saturated rings. The van der Waals surface area contributed by atoms with Gasteiger partial charge in [0.1, 0.15) is 5.82 Å². The highest BCUT2D eigenvalue weighted by atomic mass is 32.1. The molecular formula is C10H9FO2S. The lowest BCUT2D eigenvalue weighted by atomic mass is 10.1. The summed E-state index contributed by atoms with van der Waals surface area (Å²) in [6, 6.07) is 5.30. The molecule has 0 radical (unpaired) electrons. The summed E-state index contributed by atoms with van der Waals surface area (Å²) in [6.07, 6.45) is 0. The van der Waals surface area contributed by atoms with E-state index in [4.69, 9.17) is 4.74 Å². The van der Waals surface area contributed by atoms with Crippen molar-refractivity contribution in [3.8, 4) is 0 Å². The summed E-state index contributed by atoms with van der Waals surface area (Å²) in [7, 11) is 0. The molecule has 0 saturated carbocycles. The van der Waals surface area contributed by atoms with Crippen LogP contribution in [0.5, 0.6) is 0 Å². The zero-order valence-corrected chi connectivity index (χ0v) is 8.44. The Balaban J connectivity index is 2.61. The maximum Gasteiger partial charge on any atom is 0.200 e. The van der Waals surface area contributed by atoms with Crippen LogP contribution in [-0.4, -0.2) is 17.4 Å². The van der Waals surface area contributed by atoms with Crippen LogP contribution in [0.4, 0.5) is 4.39 Å². The molecule has 0 aliphatic heterocycles. The molecule has 0 N–H and O–H groups in total. The van der Waals surface area contributed by atoms with Gasteiger partial charge in [0, 0.05) is 12.5 Å². The number of hydrogen-bond acceptors (Lipinski definition) is 3. The van der Waals surface area contributed by atoms with Crippen molar-refractivity contribution in [2.45, 2.75) is 6.92 Å². The van der Waals surface area contributed by atoms with Crippen LogP contribution in [0.2, 0.25) is 0 Å². The van der Waals surface area contributed by atoms with Crippen molar-refractivity contribution in [2.24, 2.45) is 0 Å². The molecule has 0 saturated heterocycles. The molecule has 2 nitrogen and oxygen atoms in total. The standard InChI is InChI=1S/C10H9FO2S/c1-7(14)13-6-10(12)8-2-4-9(11)5-3-8/h2-5H,6H2,1H3. The third-order valence-corrected chi connectivity index (χ3v) is 1.69. The van der Waals surface area contributed by atoms with E-state index in [9.17, 15) is 9.18 Å². The number of carbonyl (C=O) groups is 1. The molecule has 0 unspecified atom stereocenters. The molecule has 1 aromatic carbocycles. The fourth-order valence-electron chi connectivity index (χ4n) is 0.886. The van der Waals surface area contributed by atoms with Crippen molar-refractivity contribution in [1.82, 2.24) is 0 Å². The van der Waals surface area contributed by atoms with Gasteiger partial charge in [-0.2, -0.15) is 0 Å². The first-order valence-corrected chi connectivity index (χ1v) is 4.42. The molecule has 0 amide bonds. The maximum atomic E-state index is 12.5. The van der Waals surface area contributed by atoms with E-state index in [-0.39, 0.29) is 18.2 Å². The summed E-state index contributed by atoms with van der Waals surface area (Å²) in [5.74, 6) is -0.581. The summed E-state index contributed by atoms with van der Waals surface area (Å²) in [5, 5.41) is 0.320. The van der Waals surface area contributed by atoms with Crippen molar-refractivity contribution in [2.75, 3.05) is 6.61 Å². The largest absolute Gasteiger partial charge is 0.479 e. The number of hydrogen-bond donors (Lipinski definition) is 0. The van der Waals surface area contributed by atoms with Crippen molar-refractivity contribution < 1.29 is 13.9 Å². The van der Waals surface area contributed by atoms with Crippen LogP contribution in [0.3, 0.4) is 0 Å². The Morgan fingerprint density at radius 1 is 1.43 bits per heavy atom. The van der Waals surface area contributed by atoms with E-state index < -0.39 is 0 Å².